The van der Waals surface area contributed by atoms with Crippen LogP contribution in [0.2, 0.25) is 0 Å². The number of rotatable bonds is 14. The number of unbranched alkanes of at least 4 members (excludes halogenated alkanes) is 7. The standard InChI is InChI=1S/C16H30O6/c1-2-3-4-5-6-7-8-9-10-14(22-16(20)12-18)13-21-15(19)11-17/h14,17-18H,2-13H2,1H3. The Labute approximate surface area is 132 Å². The number of carbonyl (C=O) groups excluding carboxylic acids is 2. The van der Waals surface area contributed by atoms with Crippen molar-refractivity contribution in [2.24, 2.45) is 0 Å². The van der Waals surface area contributed by atoms with E-state index in [0.29, 0.717) is 6.42 Å². The second-order valence-electron chi connectivity index (χ2n) is 5.37. The Morgan fingerprint density at radius 3 is 1.95 bits per heavy atom. The molecule has 0 aliphatic heterocycles. The lowest BCUT2D eigenvalue weighted by atomic mass is 10.1. The summed E-state index contributed by atoms with van der Waals surface area (Å²) in [6.07, 6.45) is 9.34. The van der Waals surface area contributed by atoms with Crippen molar-refractivity contribution in [2.75, 3.05) is 19.8 Å². The van der Waals surface area contributed by atoms with Gasteiger partial charge in [0.1, 0.15) is 25.9 Å². The molecule has 0 aliphatic carbocycles. The molecular formula is C16H30O6. The number of aliphatic hydroxyl groups is 2. The first-order chi connectivity index (χ1) is 10.6. The SMILES string of the molecule is CCCCCCCCCCC(COC(=O)CO)OC(=O)CO. The average Bonchev–Trinajstić information content (AvgIpc) is 2.54. The molecule has 0 rings (SSSR count). The highest BCUT2D eigenvalue weighted by molar-refractivity contribution is 5.71. The summed E-state index contributed by atoms with van der Waals surface area (Å²) in [5.41, 5.74) is 0. The molecule has 0 fully saturated rings. The molecule has 130 valence electrons. The maximum Gasteiger partial charge on any atom is 0.332 e. The maximum atomic E-state index is 11.1. The van der Waals surface area contributed by atoms with Crippen LogP contribution in [0.4, 0.5) is 0 Å². The Morgan fingerprint density at radius 1 is 0.864 bits per heavy atom. The van der Waals surface area contributed by atoms with E-state index in [2.05, 4.69) is 6.92 Å². The van der Waals surface area contributed by atoms with Gasteiger partial charge in [-0.25, -0.2) is 9.59 Å². The zero-order chi connectivity index (χ0) is 16.6. The topological polar surface area (TPSA) is 93.1 Å². The van der Waals surface area contributed by atoms with Crippen LogP contribution in [0.1, 0.15) is 64.7 Å². The van der Waals surface area contributed by atoms with Gasteiger partial charge in [-0.15, -0.1) is 0 Å². The van der Waals surface area contributed by atoms with E-state index < -0.39 is 31.3 Å². The molecule has 0 aromatic carbocycles. The van der Waals surface area contributed by atoms with Crippen molar-refractivity contribution in [3.05, 3.63) is 0 Å². The second kappa shape index (κ2) is 14.8. The third-order valence-electron chi connectivity index (χ3n) is 3.37. The fourth-order valence-electron chi connectivity index (χ4n) is 2.14. The monoisotopic (exact) mass is 318 g/mol. The minimum absolute atomic E-state index is 0.0817. The van der Waals surface area contributed by atoms with Crippen molar-refractivity contribution in [1.29, 1.82) is 0 Å². The van der Waals surface area contributed by atoms with Crippen LogP contribution < -0.4 is 0 Å². The van der Waals surface area contributed by atoms with Crippen LogP contribution in [0.3, 0.4) is 0 Å². The normalized spacial score (nSPS) is 12.0. The van der Waals surface area contributed by atoms with Gasteiger partial charge in [0.25, 0.3) is 0 Å². The molecule has 1 atom stereocenters. The molecule has 6 nitrogen and oxygen atoms in total. The first-order valence-corrected chi connectivity index (χ1v) is 8.20. The van der Waals surface area contributed by atoms with Crippen LogP contribution in [-0.2, 0) is 19.1 Å². The summed E-state index contributed by atoms with van der Waals surface area (Å²) in [7, 11) is 0. The Kier molecular flexibility index (Phi) is 14.0. The van der Waals surface area contributed by atoms with Crippen LogP contribution >= 0.6 is 0 Å². The second-order valence-corrected chi connectivity index (χ2v) is 5.37. The Balaban J connectivity index is 3.82. The number of esters is 2. The summed E-state index contributed by atoms with van der Waals surface area (Å²) >= 11 is 0. The largest absolute Gasteiger partial charge is 0.460 e. The van der Waals surface area contributed by atoms with Gasteiger partial charge in [-0.05, 0) is 12.8 Å². The predicted molar refractivity (Wildman–Crippen MR) is 82.2 cm³/mol. The van der Waals surface area contributed by atoms with Gasteiger partial charge in [0.15, 0.2) is 0 Å². The highest BCUT2D eigenvalue weighted by Gasteiger charge is 2.16. The minimum atomic E-state index is -0.749. The summed E-state index contributed by atoms with van der Waals surface area (Å²) in [5, 5.41) is 17.3. The maximum absolute atomic E-state index is 11.1. The molecular weight excluding hydrogens is 288 g/mol. The van der Waals surface area contributed by atoms with Crippen LogP contribution in [0, 0.1) is 0 Å². The molecule has 0 aromatic rings. The molecule has 2 N–H and O–H groups in total. The molecule has 22 heavy (non-hydrogen) atoms. The summed E-state index contributed by atoms with van der Waals surface area (Å²) in [6, 6.07) is 0. The lowest BCUT2D eigenvalue weighted by Crippen LogP contribution is -2.27. The van der Waals surface area contributed by atoms with Crippen molar-refractivity contribution in [3.8, 4) is 0 Å². The van der Waals surface area contributed by atoms with Gasteiger partial charge in [-0.2, -0.15) is 0 Å². The van der Waals surface area contributed by atoms with E-state index in [1.54, 1.807) is 0 Å². The van der Waals surface area contributed by atoms with Gasteiger partial charge in [0.05, 0.1) is 0 Å². The lowest BCUT2D eigenvalue weighted by Gasteiger charge is -2.17. The van der Waals surface area contributed by atoms with Gasteiger partial charge < -0.3 is 19.7 Å². The third-order valence-corrected chi connectivity index (χ3v) is 3.37. The minimum Gasteiger partial charge on any atom is -0.460 e. The highest BCUT2D eigenvalue weighted by atomic mass is 16.6. The smallest absolute Gasteiger partial charge is 0.332 e. The fraction of sp³-hybridized carbons (Fsp3) is 0.875. The van der Waals surface area contributed by atoms with Gasteiger partial charge in [-0.1, -0.05) is 51.9 Å². The van der Waals surface area contributed by atoms with E-state index in [9.17, 15) is 9.59 Å². The molecule has 0 spiro atoms. The van der Waals surface area contributed by atoms with Crippen LogP contribution in [0.25, 0.3) is 0 Å². The number of aliphatic hydroxyl groups excluding tert-OH is 2. The molecule has 0 aliphatic rings. The van der Waals surface area contributed by atoms with Crippen molar-refractivity contribution in [2.45, 2.75) is 70.8 Å². The Morgan fingerprint density at radius 2 is 1.41 bits per heavy atom. The number of carbonyl (C=O) groups is 2. The quantitative estimate of drug-likeness (QED) is 0.376. The third kappa shape index (κ3) is 12.6. The van der Waals surface area contributed by atoms with E-state index in [-0.39, 0.29) is 6.61 Å². The van der Waals surface area contributed by atoms with E-state index in [4.69, 9.17) is 19.7 Å². The molecule has 0 saturated heterocycles. The predicted octanol–water partition coefficient (Wildman–Crippen LogP) is 1.96. The van der Waals surface area contributed by atoms with Crippen LogP contribution in [0.5, 0.6) is 0 Å². The molecule has 0 radical (unpaired) electrons. The van der Waals surface area contributed by atoms with Crippen molar-refractivity contribution >= 4 is 11.9 Å². The van der Waals surface area contributed by atoms with Crippen LogP contribution in [0.15, 0.2) is 0 Å². The number of hydrogen-bond acceptors (Lipinski definition) is 6. The Bertz CT molecular complexity index is 292. The van der Waals surface area contributed by atoms with Crippen molar-refractivity contribution < 1.29 is 29.3 Å². The molecule has 0 bridgehead atoms. The first kappa shape index (κ1) is 20.9. The fourth-order valence-corrected chi connectivity index (χ4v) is 2.14. The van der Waals surface area contributed by atoms with Gasteiger partial charge in [0.2, 0.25) is 0 Å². The Hall–Kier alpha value is -1.14. The van der Waals surface area contributed by atoms with Gasteiger partial charge >= 0.3 is 11.9 Å². The number of hydrogen-bond donors (Lipinski definition) is 2. The lowest BCUT2D eigenvalue weighted by molar-refractivity contribution is -0.162. The highest BCUT2D eigenvalue weighted by Crippen LogP contribution is 2.12. The molecule has 0 saturated carbocycles. The molecule has 0 aromatic heterocycles. The van der Waals surface area contributed by atoms with Gasteiger partial charge in [-0.3, -0.25) is 0 Å². The summed E-state index contributed by atoms with van der Waals surface area (Å²) in [4.78, 5) is 22.0. The first-order valence-electron chi connectivity index (χ1n) is 8.20. The van der Waals surface area contributed by atoms with E-state index in [1.807, 2.05) is 0 Å². The molecule has 0 heterocycles. The van der Waals surface area contributed by atoms with E-state index in [1.165, 1.54) is 32.1 Å². The molecule has 0 amide bonds. The summed E-state index contributed by atoms with van der Waals surface area (Å²) in [6.45, 7) is 0.722. The zero-order valence-electron chi connectivity index (χ0n) is 13.6. The van der Waals surface area contributed by atoms with Crippen LogP contribution in [-0.4, -0.2) is 48.1 Å². The summed E-state index contributed by atoms with van der Waals surface area (Å²) in [5.74, 6) is -1.48. The van der Waals surface area contributed by atoms with Crippen molar-refractivity contribution in [1.82, 2.24) is 0 Å². The van der Waals surface area contributed by atoms with E-state index in [0.717, 1.165) is 19.3 Å². The molecule has 1 unspecified atom stereocenters. The molecule has 6 heteroatoms. The summed E-state index contributed by atoms with van der Waals surface area (Å²) < 4.78 is 9.78. The zero-order valence-corrected chi connectivity index (χ0v) is 13.6. The van der Waals surface area contributed by atoms with E-state index >= 15 is 0 Å². The number of ether oxygens (including phenoxy) is 2. The van der Waals surface area contributed by atoms with Gasteiger partial charge in [0, 0.05) is 0 Å². The average molecular weight is 318 g/mol. The van der Waals surface area contributed by atoms with Crippen molar-refractivity contribution in [3.63, 3.8) is 0 Å².